The van der Waals surface area contributed by atoms with E-state index in [9.17, 15) is 0 Å². The molecule has 1 fully saturated rings. The Balaban J connectivity index is 1.46. The lowest BCUT2D eigenvalue weighted by Gasteiger charge is -2.32. The summed E-state index contributed by atoms with van der Waals surface area (Å²) >= 11 is 5.67. The number of fused-ring (bicyclic) bond motifs is 7. The molecule has 2 aromatic carbocycles. The molecular formula is C25H22N6S. The lowest BCUT2D eigenvalue weighted by atomic mass is 10.00. The van der Waals surface area contributed by atoms with E-state index >= 15 is 0 Å². The largest absolute Gasteiger partial charge is 0.349 e. The first-order valence-corrected chi connectivity index (χ1v) is 11.4. The summed E-state index contributed by atoms with van der Waals surface area (Å²) in [6, 6.07) is 14.0. The van der Waals surface area contributed by atoms with Gasteiger partial charge in [0.25, 0.3) is 0 Å². The Labute approximate surface area is 190 Å². The molecule has 0 atom stereocenters. The second-order valence-corrected chi connectivity index (χ2v) is 8.91. The Morgan fingerprint density at radius 3 is 2.16 bits per heavy atom. The number of hydrogen-bond acceptors (Lipinski definition) is 5. The van der Waals surface area contributed by atoms with E-state index in [1.807, 2.05) is 42.5 Å². The highest BCUT2D eigenvalue weighted by Gasteiger charge is 2.18. The van der Waals surface area contributed by atoms with Crippen LogP contribution in [0.5, 0.6) is 0 Å². The van der Waals surface area contributed by atoms with Crippen LogP contribution in [-0.2, 0) is 0 Å². The van der Waals surface area contributed by atoms with E-state index < -0.39 is 0 Å². The molecule has 1 aliphatic heterocycles. The predicted octanol–water partition coefficient (Wildman–Crippen LogP) is 5.31. The zero-order chi connectivity index (χ0) is 21.7. The maximum atomic E-state index is 5.67. The number of aromatic nitrogens is 4. The van der Waals surface area contributed by atoms with E-state index in [0.717, 1.165) is 73.7 Å². The topological polar surface area (TPSA) is 66.8 Å². The second kappa shape index (κ2) is 7.60. The van der Waals surface area contributed by atoms with Crippen LogP contribution >= 0.6 is 12.2 Å². The molecule has 1 N–H and O–H groups in total. The summed E-state index contributed by atoms with van der Waals surface area (Å²) in [4.78, 5) is 21.4. The van der Waals surface area contributed by atoms with E-state index in [-0.39, 0.29) is 0 Å². The van der Waals surface area contributed by atoms with Gasteiger partial charge in [-0.15, -0.1) is 0 Å². The number of nitrogens with zero attached hydrogens (tertiary/aromatic N) is 5. The van der Waals surface area contributed by atoms with Crippen molar-refractivity contribution in [2.75, 3.05) is 18.4 Å². The van der Waals surface area contributed by atoms with Crippen LogP contribution in [0.15, 0.2) is 54.9 Å². The smallest absolute Gasteiger partial charge is 0.173 e. The van der Waals surface area contributed by atoms with Gasteiger partial charge in [0.15, 0.2) is 5.11 Å². The molecule has 1 aliphatic rings. The number of thiocarbonyl (C=S) groups is 1. The normalized spacial score (nSPS) is 15.1. The van der Waals surface area contributed by atoms with Crippen molar-refractivity contribution in [2.45, 2.75) is 19.8 Å². The fourth-order valence-corrected chi connectivity index (χ4v) is 4.79. The van der Waals surface area contributed by atoms with Gasteiger partial charge in [0, 0.05) is 41.9 Å². The fraction of sp³-hybridized carbons (Fsp3) is 0.240. The second-order valence-electron chi connectivity index (χ2n) is 8.52. The summed E-state index contributed by atoms with van der Waals surface area (Å²) in [5, 5.41) is 6.10. The summed E-state index contributed by atoms with van der Waals surface area (Å²) < 4.78 is 0. The molecule has 0 amide bonds. The molecule has 5 aromatic rings. The van der Waals surface area contributed by atoms with Gasteiger partial charge < -0.3 is 10.2 Å². The SMILES string of the molecule is CC1CCN(C(=S)Nc2ccc3nc4c5cccnc5c5ncccc5c4nc3c2)CC1. The summed E-state index contributed by atoms with van der Waals surface area (Å²) in [5.41, 5.74) is 5.98. The van der Waals surface area contributed by atoms with Gasteiger partial charge in [-0.1, -0.05) is 6.92 Å². The van der Waals surface area contributed by atoms with Crippen molar-refractivity contribution in [2.24, 2.45) is 5.92 Å². The zero-order valence-electron chi connectivity index (χ0n) is 17.7. The van der Waals surface area contributed by atoms with Crippen molar-refractivity contribution in [1.29, 1.82) is 0 Å². The van der Waals surface area contributed by atoms with E-state index in [1.54, 1.807) is 12.4 Å². The van der Waals surface area contributed by atoms with Crippen LogP contribution in [-0.4, -0.2) is 43.0 Å². The van der Waals surface area contributed by atoms with Crippen LogP contribution in [0.25, 0.3) is 43.9 Å². The monoisotopic (exact) mass is 438 g/mol. The average Bonchev–Trinajstić information content (AvgIpc) is 2.83. The van der Waals surface area contributed by atoms with Crippen molar-refractivity contribution in [3.05, 3.63) is 54.9 Å². The van der Waals surface area contributed by atoms with Crippen LogP contribution in [0.1, 0.15) is 19.8 Å². The molecule has 0 radical (unpaired) electrons. The molecule has 0 spiro atoms. The van der Waals surface area contributed by atoms with Crippen LogP contribution in [0.4, 0.5) is 5.69 Å². The number of rotatable bonds is 1. The van der Waals surface area contributed by atoms with Crippen LogP contribution in [0.2, 0.25) is 0 Å². The maximum absolute atomic E-state index is 5.67. The number of nitrogens with one attached hydrogen (secondary N) is 1. The van der Waals surface area contributed by atoms with Gasteiger partial charge in [0.1, 0.15) is 0 Å². The van der Waals surface area contributed by atoms with Crippen molar-refractivity contribution in [1.82, 2.24) is 24.8 Å². The molecule has 158 valence electrons. The van der Waals surface area contributed by atoms with Crippen molar-refractivity contribution < 1.29 is 0 Å². The summed E-state index contributed by atoms with van der Waals surface area (Å²) in [6.07, 6.45) is 5.95. The number of hydrogen-bond donors (Lipinski definition) is 1. The Morgan fingerprint density at radius 2 is 1.50 bits per heavy atom. The molecule has 7 heteroatoms. The van der Waals surface area contributed by atoms with Gasteiger partial charge >= 0.3 is 0 Å². The minimum absolute atomic E-state index is 0.772. The van der Waals surface area contributed by atoms with Gasteiger partial charge in [-0.05, 0) is 73.4 Å². The van der Waals surface area contributed by atoms with Gasteiger partial charge in [-0.3, -0.25) is 9.97 Å². The van der Waals surface area contributed by atoms with Crippen molar-refractivity contribution >= 4 is 66.9 Å². The number of benzene rings is 2. The summed E-state index contributed by atoms with van der Waals surface area (Å²) in [5.74, 6) is 0.772. The molecule has 32 heavy (non-hydrogen) atoms. The van der Waals surface area contributed by atoms with E-state index in [4.69, 9.17) is 22.2 Å². The Morgan fingerprint density at radius 1 is 0.875 bits per heavy atom. The van der Waals surface area contributed by atoms with E-state index in [2.05, 4.69) is 27.1 Å². The molecule has 3 aromatic heterocycles. The molecule has 6 nitrogen and oxygen atoms in total. The third-order valence-electron chi connectivity index (χ3n) is 6.34. The number of piperidine rings is 1. The molecular weight excluding hydrogens is 416 g/mol. The predicted molar refractivity (Wildman–Crippen MR) is 134 cm³/mol. The minimum Gasteiger partial charge on any atom is -0.349 e. The van der Waals surface area contributed by atoms with E-state index in [1.165, 1.54) is 12.8 Å². The molecule has 0 saturated carbocycles. The van der Waals surface area contributed by atoms with Crippen LogP contribution in [0.3, 0.4) is 0 Å². The molecule has 1 saturated heterocycles. The highest BCUT2D eigenvalue weighted by molar-refractivity contribution is 7.80. The molecule has 0 bridgehead atoms. The summed E-state index contributed by atoms with van der Waals surface area (Å²) in [6.45, 7) is 4.31. The third-order valence-corrected chi connectivity index (χ3v) is 6.70. The highest BCUT2D eigenvalue weighted by Crippen LogP contribution is 2.32. The lowest BCUT2D eigenvalue weighted by Crippen LogP contribution is -2.40. The van der Waals surface area contributed by atoms with Crippen molar-refractivity contribution in [3.8, 4) is 0 Å². The first kappa shape index (κ1) is 19.3. The first-order valence-electron chi connectivity index (χ1n) is 11.0. The Kier molecular flexibility index (Phi) is 4.57. The number of anilines is 1. The minimum atomic E-state index is 0.772. The number of likely N-dealkylation sites (tertiary alicyclic amines) is 1. The molecule has 0 aliphatic carbocycles. The standard InChI is InChI=1S/C25H22N6S/c1-15-8-12-31(13-9-15)25(32)28-16-6-7-19-20(14-16)30-24-18-5-3-11-27-22(18)21-17(23(24)29-19)4-2-10-26-21/h2-7,10-11,14-15H,8-9,12-13H2,1H3,(H,28,32). The summed E-state index contributed by atoms with van der Waals surface area (Å²) in [7, 11) is 0. The quantitative estimate of drug-likeness (QED) is 0.216. The molecule has 0 unspecified atom stereocenters. The molecule has 6 rings (SSSR count). The van der Waals surface area contributed by atoms with Gasteiger partial charge in [0.2, 0.25) is 0 Å². The lowest BCUT2D eigenvalue weighted by molar-refractivity contribution is 0.283. The molecule has 4 heterocycles. The third kappa shape index (κ3) is 3.20. The van der Waals surface area contributed by atoms with Gasteiger partial charge in [0.05, 0.1) is 33.1 Å². The van der Waals surface area contributed by atoms with Crippen molar-refractivity contribution in [3.63, 3.8) is 0 Å². The van der Waals surface area contributed by atoms with E-state index in [0.29, 0.717) is 0 Å². The zero-order valence-corrected chi connectivity index (χ0v) is 18.6. The highest BCUT2D eigenvalue weighted by atomic mass is 32.1. The van der Waals surface area contributed by atoms with Crippen LogP contribution in [0, 0.1) is 5.92 Å². The maximum Gasteiger partial charge on any atom is 0.173 e. The van der Waals surface area contributed by atoms with Gasteiger partial charge in [-0.2, -0.15) is 0 Å². The first-order chi connectivity index (χ1) is 15.7. The fourth-order valence-electron chi connectivity index (χ4n) is 4.49. The average molecular weight is 439 g/mol. The van der Waals surface area contributed by atoms with Gasteiger partial charge in [-0.25, -0.2) is 9.97 Å². The Hall–Kier alpha value is -3.45. The van der Waals surface area contributed by atoms with Crippen LogP contribution < -0.4 is 5.32 Å². The number of pyridine rings is 2. The Bertz CT molecular complexity index is 1510.